The van der Waals surface area contributed by atoms with Gasteiger partial charge in [0.1, 0.15) is 0 Å². The van der Waals surface area contributed by atoms with Crippen LogP contribution in [0.5, 0.6) is 0 Å². The summed E-state index contributed by atoms with van der Waals surface area (Å²) in [6.07, 6.45) is 10.9. The van der Waals surface area contributed by atoms with E-state index in [4.69, 9.17) is 4.98 Å². The minimum atomic E-state index is 0.460. The second-order valence-electron chi connectivity index (χ2n) is 9.57. The van der Waals surface area contributed by atoms with Gasteiger partial charge in [0, 0.05) is 31.9 Å². The molecule has 1 aromatic carbocycles. The van der Waals surface area contributed by atoms with E-state index < -0.39 is 0 Å². The van der Waals surface area contributed by atoms with E-state index in [0.29, 0.717) is 12.1 Å². The van der Waals surface area contributed by atoms with Gasteiger partial charge in [-0.2, -0.15) is 0 Å². The maximum absolute atomic E-state index is 4.76. The summed E-state index contributed by atoms with van der Waals surface area (Å²) in [6.45, 7) is 5.75. The molecule has 0 unspecified atom stereocenters. The third-order valence-corrected chi connectivity index (χ3v) is 7.45. The van der Waals surface area contributed by atoms with Crippen molar-refractivity contribution < 1.29 is 0 Å². The van der Waals surface area contributed by atoms with Crippen LogP contribution in [-0.2, 0) is 25.9 Å². The molecule has 1 N–H and O–H groups in total. The van der Waals surface area contributed by atoms with Crippen LogP contribution < -0.4 is 5.32 Å². The maximum atomic E-state index is 4.76. The van der Waals surface area contributed by atoms with E-state index in [2.05, 4.69) is 52.5 Å². The fourth-order valence-corrected chi connectivity index (χ4v) is 5.81. The molecule has 4 nitrogen and oxygen atoms in total. The second kappa shape index (κ2) is 9.17. The quantitative estimate of drug-likeness (QED) is 0.813. The SMILES string of the molecule is CN(C[C@@H]1Cc2c(cccc2CN2CCCCC2)CN1)[C@H]1CCCc2cccnc21. The van der Waals surface area contributed by atoms with Gasteiger partial charge in [0.25, 0.3) is 0 Å². The molecular formula is C26H36N4. The van der Waals surface area contributed by atoms with E-state index in [-0.39, 0.29) is 0 Å². The molecule has 30 heavy (non-hydrogen) atoms. The molecule has 1 aliphatic carbocycles. The molecule has 1 aromatic heterocycles. The van der Waals surface area contributed by atoms with E-state index in [1.165, 1.54) is 68.4 Å². The van der Waals surface area contributed by atoms with E-state index in [9.17, 15) is 0 Å². The topological polar surface area (TPSA) is 31.4 Å². The van der Waals surface area contributed by atoms with Crippen LogP contribution in [0.25, 0.3) is 0 Å². The lowest BCUT2D eigenvalue weighted by molar-refractivity contribution is 0.190. The standard InChI is InChI=1S/C26H36N4/c1-29(25-12-6-8-20-11-7-13-27-26(20)25)19-23-16-24-21(17-28-23)9-5-10-22(24)18-30-14-3-2-4-15-30/h5,7,9-11,13,23,25,28H,2-4,6,8,12,14-19H2,1H3/t23-,25-/m0/s1. The van der Waals surface area contributed by atoms with Gasteiger partial charge < -0.3 is 5.32 Å². The molecule has 1 saturated heterocycles. The Labute approximate surface area is 181 Å². The van der Waals surface area contributed by atoms with Crippen molar-refractivity contribution in [3.8, 4) is 0 Å². The Balaban J connectivity index is 1.28. The molecule has 0 amide bonds. The van der Waals surface area contributed by atoms with Gasteiger partial charge in [-0.05, 0) is 87.0 Å². The number of fused-ring (bicyclic) bond motifs is 2. The summed E-state index contributed by atoms with van der Waals surface area (Å²) < 4.78 is 0. The van der Waals surface area contributed by atoms with Gasteiger partial charge in [-0.3, -0.25) is 14.8 Å². The minimum Gasteiger partial charge on any atom is -0.308 e. The zero-order valence-corrected chi connectivity index (χ0v) is 18.4. The number of pyridine rings is 1. The van der Waals surface area contributed by atoms with Gasteiger partial charge in [0.05, 0.1) is 11.7 Å². The number of piperidine rings is 1. The largest absolute Gasteiger partial charge is 0.308 e. The summed E-state index contributed by atoms with van der Waals surface area (Å²) in [7, 11) is 2.30. The lowest BCUT2D eigenvalue weighted by Crippen LogP contribution is -2.45. The predicted molar refractivity (Wildman–Crippen MR) is 122 cm³/mol. The van der Waals surface area contributed by atoms with Gasteiger partial charge in [-0.1, -0.05) is 30.7 Å². The Morgan fingerprint density at radius 1 is 1.07 bits per heavy atom. The predicted octanol–water partition coefficient (Wildman–Crippen LogP) is 4.09. The highest BCUT2D eigenvalue weighted by Gasteiger charge is 2.28. The number of benzene rings is 1. The van der Waals surface area contributed by atoms with Crippen molar-refractivity contribution in [3.05, 3.63) is 64.5 Å². The second-order valence-corrected chi connectivity index (χ2v) is 9.57. The first kappa shape index (κ1) is 20.2. The fourth-order valence-electron chi connectivity index (χ4n) is 5.81. The number of likely N-dealkylation sites (N-methyl/N-ethyl adjacent to an activating group) is 1. The van der Waals surface area contributed by atoms with Crippen molar-refractivity contribution in [1.82, 2.24) is 20.1 Å². The number of aryl methyl sites for hydroxylation is 1. The summed E-state index contributed by atoms with van der Waals surface area (Å²) in [5, 5.41) is 3.82. The maximum Gasteiger partial charge on any atom is 0.0607 e. The van der Waals surface area contributed by atoms with Crippen LogP contribution >= 0.6 is 0 Å². The molecule has 1 fully saturated rings. The molecule has 0 spiro atoms. The number of hydrogen-bond donors (Lipinski definition) is 1. The summed E-state index contributed by atoms with van der Waals surface area (Å²) in [5.74, 6) is 0. The van der Waals surface area contributed by atoms with Crippen LogP contribution in [0, 0.1) is 0 Å². The molecule has 160 valence electrons. The van der Waals surface area contributed by atoms with E-state index in [1.807, 2.05) is 6.20 Å². The number of nitrogens with one attached hydrogen (secondary N) is 1. The van der Waals surface area contributed by atoms with Gasteiger partial charge in [0.15, 0.2) is 0 Å². The van der Waals surface area contributed by atoms with Crippen LogP contribution in [0.1, 0.15) is 66.1 Å². The Morgan fingerprint density at radius 2 is 1.93 bits per heavy atom. The van der Waals surface area contributed by atoms with Crippen LogP contribution in [0.4, 0.5) is 0 Å². The number of aromatic nitrogens is 1. The van der Waals surface area contributed by atoms with E-state index in [0.717, 1.165) is 26.1 Å². The van der Waals surface area contributed by atoms with Crippen molar-refractivity contribution in [2.75, 3.05) is 26.7 Å². The summed E-state index contributed by atoms with van der Waals surface area (Å²) >= 11 is 0. The molecule has 4 heteroatoms. The normalized spacial score (nSPS) is 24.5. The first-order valence-corrected chi connectivity index (χ1v) is 12.0. The van der Waals surface area contributed by atoms with Crippen LogP contribution in [0.2, 0.25) is 0 Å². The molecule has 2 aromatic rings. The molecule has 5 rings (SSSR count). The molecule has 0 radical (unpaired) electrons. The van der Waals surface area contributed by atoms with Crippen molar-refractivity contribution in [1.29, 1.82) is 0 Å². The van der Waals surface area contributed by atoms with Gasteiger partial charge in [-0.25, -0.2) is 0 Å². The molecule has 2 atom stereocenters. The lowest BCUT2D eigenvalue weighted by Gasteiger charge is -2.37. The highest BCUT2D eigenvalue weighted by molar-refractivity contribution is 5.38. The van der Waals surface area contributed by atoms with Crippen LogP contribution in [0.15, 0.2) is 36.5 Å². The molecular weight excluding hydrogens is 368 g/mol. The molecule has 3 heterocycles. The molecule has 2 aliphatic heterocycles. The van der Waals surface area contributed by atoms with Gasteiger partial charge in [0.2, 0.25) is 0 Å². The fraction of sp³-hybridized carbons (Fsp3) is 0.577. The zero-order chi connectivity index (χ0) is 20.3. The Hall–Kier alpha value is -1.75. The van der Waals surface area contributed by atoms with Gasteiger partial charge in [-0.15, -0.1) is 0 Å². The number of likely N-dealkylation sites (tertiary alicyclic amines) is 1. The minimum absolute atomic E-state index is 0.460. The monoisotopic (exact) mass is 404 g/mol. The lowest BCUT2D eigenvalue weighted by atomic mass is 9.89. The highest BCUT2D eigenvalue weighted by Crippen LogP contribution is 2.32. The van der Waals surface area contributed by atoms with Crippen molar-refractivity contribution >= 4 is 0 Å². The number of hydrogen-bond acceptors (Lipinski definition) is 4. The van der Waals surface area contributed by atoms with Crippen molar-refractivity contribution in [3.63, 3.8) is 0 Å². The smallest absolute Gasteiger partial charge is 0.0607 e. The van der Waals surface area contributed by atoms with Crippen LogP contribution in [0.3, 0.4) is 0 Å². The highest BCUT2D eigenvalue weighted by atomic mass is 15.2. The first-order valence-electron chi connectivity index (χ1n) is 12.0. The van der Waals surface area contributed by atoms with Crippen molar-refractivity contribution in [2.24, 2.45) is 0 Å². The average Bonchev–Trinajstić information content (AvgIpc) is 2.80. The van der Waals surface area contributed by atoms with Crippen LogP contribution in [-0.4, -0.2) is 47.5 Å². The average molecular weight is 405 g/mol. The zero-order valence-electron chi connectivity index (χ0n) is 18.4. The third kappa shape index (κ3) is 4.32. The number of rotatable bonds is 5. The Kier molecular flexibility index (Phi) is 6.17. The van der Waals surface area contributed by atoms with E-state index in [1.54, 1.807) is 11.1 Å². The first-order chi connectivity index (χ1) is 14.8. The third-order valence-electron chi connectivity index (χ3n) is 7.45. The van der Waals surface area contributed by atoms with Crippen molar-refractivity contribution in [2.45, 2.75) is 70.1 Å². The molecule has 3 aliphatic rings. The molecule has 0 bridgehead atoms. The number of nitrogens with zero attached hydrogens (tertiary/aromatic N) is 3. The molecule has 0 saturated carbocycles. The van der Waals surface area contributed by atoms with Gasteiger partial charge >= 0.3 is 0 Å². The summed E-state index contributed by atoms with van der Waals surface area (Å²) in [4.78, 5) is 9.98. The summed E-state index contributed by atoms with van der Waals surface area (Å²) in [5.41, 5.74) is 7.45. The summed E-state index contributed by atoms with van der Waals surface area (Å²) in [6, 6.07) is 12.3. The Morgan fingerprint density at radius 3 is 2.83 bits per heavy atom. The Bertz CT molecular complexity index is 858. The van der Waals surface area contributed by atoms with E-state index >= 15 is 0 Å².